The van der Waals surface area contributed by atoms with Crippen molar-refractivity contribution in [1.29, 1.82) is 0 Å². The number of amides is 1. The maximum atomic E-state index is 11.3. The summed E-state index contributed by atoms with van der Waals surface area (Å²) in [4.78, 5) is 21.4. The van der Waals surface area contributed by atoms with Gasteiger partial charge in [0.2, 0.25) is 0 Å². The number of rotatable bonds is 4. The lowest BCUT2D eigenvalue weighted by molar-refractivity contribution is -0.384. The van der Waals surface area contributed by atoms with E-state index in [9.17, 15) is 14.9 Å². The summed E-state index contributed by atoms with van der Waals surface area (Å²) >= 11 is 0. The van der Waals surface area contributed by atoms with E-state index in [0.29, 0.717) is 12.3 Å². The van der Waals surface area contributed by atoms with Gasteiger partial charge in [0.15, 0.2) is 0 Å². The summed E-state index contributed by atoms with van der Waals surface area (Å²) in [6, 6.07) is 13.4. The second-order valence-corrected chi connectivity index (χ2v) is 4.23. The van der Waals surface area contributed by atoms with Crippen molar-refractivity contribution in [3.8, 4) is 11.1 Å². The Morgan fingerprint density at radius 2 is 1.62 bits per heavy atom. The smallest absolute Gasteiger partial charge is 0.411 e. The number of benzene rings is 2. The summed E-state index contributed by atoms with van der Waals surface area (Å²) in [5, 5.41) is 13.2. The van der Waals surface area contributed by atoms with Crippen LogP contribution in [-0.2, 0) is 4.74 Å². The van der Waals surface area contributed by atoms with Crippen LogP contribution in [0.1, 0.15) is 6.92 Å². The molecule has 0 fully saturated rings. The Morgan fingerprint density at radius 3 is 2.10 bits per heavy atom. The SMILES string of the molecule is CCOC(=O)Nc1ccc(-c2ccc([N+](=O)[O-])cc2)cc1. The van der Waals surface area contributed by atoms with Gasteiger partial charge in [0.25, 0.3) is 5.69 Å². The van der Waals surface area contributed by atoms with Crippen molar-refractivity contribution >= 4 is 17.5 Å². The molecule has 21 heavy (non-hydrogen) atoms. The predicted octanol–water partition coefficient (Wildman–Crippen LogP) is 3.83. The normalized spacial score (nSPS) is 9.95. The standard InChI is InChI=1S/C15H14N2O4/c1-2-21-15(18)16-13-7-3-11(4-8-13)12-5-9-14(10-6-12)17(19)20/h3-10H,2H2,1H3,(H,16,18). The highest BCUT2D eigenvalue weighted by Gasteiger charge is 2.06. The monoisotopic (exact) mass is 286 g/mol. The molecule has 6 heteroatoms. The molecule has 0 aliphatic carbocycles. The lowest BCUT2D eigenvalue weighted by atomic mass is 10.1. The van der Waals surface area contributed by atoms with Gasteiger partial charge in [-0.1, -0.05) is 12.1 Å². The summed E-state index contributed by atoms with van der Waals surface area (Å²) in [7, 11) is 0. The van der Waals surface area contributed by atoms with E-state index in [-0.39, 0.29) is 5.69 Å². The highest BCUT2D eigenvalue weighted by Crippen LogP contribution is 2.23. The van der Waals surface area contributed by atoms with Crippen LogP contribution in [0, 0.1) is 10.1 Å². The van der Waals surface area contributed by atoms with E-state index in [0.717, 1.165) is 11.1 Å². The zero-order valence-electron chi connectivity index (χ0n) is 11.4. The maximum Gasteiger partial charge on any atom is 0.411 e. The van der Waals surface area contributed by atoms with E-state index in [1.165, 1.54) is 12.1 Å². The van der Waals surface area contributed by atoms with Gasteiger partial charge in [-0.05, 0) is 42.3 Å². The number of non-ortho nitro benzene ring substituents is 1. The van der Waals surface area contributed by atoms with E-state index >= 15 is 0 Å². The Morgan fingerprint density at radius 1 is 1.10 bits per heavy atom. The van der Waals surface area contributed by atoms with Crippen LogP contribution in [0.15, 0.2) is 48.5 Å². The second kappa shape index (κ2) is 6.51. The zero-order chi connectivity index (χ0) is 15.2. The molecule has 0 aromatic heterocycles. The quantitative estimate of drug-likeness (QED) is 0.684. The van der Waals surface area contributed by atoms with Crippen LogP contribution in [0.3, 0.4) is 0 Å². The van der Waals surface area contributed by atoms with Gasteiger partial charge in [0.05, 0.1) is 11.5 Å². The Balaban J connectivity index is 2.11. The minimum Gasteiger partial charge on any atom is -0.450 e. The molecule has 0 heterocycles. The average molecular weight is 286 g/mol. The Kier molecular flexibility index (Phi) is 4.50. The predicted molar refractivity (Wildman–Crippen MR) is 79.2 cm³/mol. The number of nitrogens with one attached hydrogen (secondary N) is 1. The van der Waals surface area contributed by atoms with Crippen molar-refractivity contribution < 1.29 is 14.5 Å². The lowest BCUT2D eigenvalue weighted by Crippen LogP contribution is -2.12. The number of nitro groups is 1. The summed E-state index contributed by atoms with van der Waals surface area (Å²) in [5.74, 6) is 0. The molecule has 0 spiro atoms. The van der Waals surface area contributed by atoms with Crippen molar-refractivity contribution in [2.24, 2.45) is 0 Å². The fourth-order valence-corrected chi connectivity index (χ4v) is 1.81. The molecular weight excluding hydrogens is 272 g/mol. The molecule has 0 atom stereocenters. The minimum absolute atomic E-state index is 0.0550. The first-order chi connectivity index (χ1) is 10.1. The summed E-state index contributed by atoms with van der Waals surface area (Å²) in [6.07, 6.45) is -0.499. The molecule has 0 saturated heterocycles. The number of carbonyl (C=O) groups excluding carboxylic acids is 1. The molecule has 0 aliphatic heterocycles. The molecule has 1 amide bonds. The third-order valence-corrected chi connectivity index (χ3v) is 2.82. The molecular formula is C15H14N2O4. The van der Waals surface area contributed by atoms with E-state index in [4.69, 9.17) is 4.74 Å². The number of nitro benzene ring substituents is 1. The molecule has 2 aromatic carbocycles. The van der Waals surface area contributed by atoms with Gasteiger partial charge in [0.1, 0.15) is 0 Å². The highest BCUT2D eigenvalue weighted by atomic mass is 16.6. The molecule has 0 aliphatic rings. The first kappa shape index (κ1) is 14.5. The molecule has 2 rings (SSSR count). The highest BCUT2D eigenvalue weighted by molar-refractivity contribution is 5.85. The zero-order valence-corrected chi connectivity index (χ0v) is 11.4. The van der Waals surface area contributed by atoms with Crippen LogP contribution in [0.4, 0.5) is 16.2 Å². The Hall–Kier alpha value is -2.89. The van der Waals surface area contributed by atoms with Gasteiger partial charge >= 0.3 is 6.09 Å². The molecule has 0 bridgehead atoms. The Bertz CT molecular complexity index is 636. The lowest BCUT2D eigenvalue weighted by Gasteiger charge is -2.06. The van der Waals surface area contributed by atoms with Gasteiger partial charge in [-0.3, -0.25) is 15.4 Å². The van der Waals surface area contributed by atoms with Crippen LogP contribution in [-0.4, -0.2) is 17.6 Å². The molecule has 2 aromatic rings. The molecule has 108 valence electrons. The third-order valence-electron chi connectivity index (χ3n) is 2.82. The van der Waals surface area contributed by atoms with Crippen molar-refractivity contribution in [3.05, 3.63) is 58.6 Å². The van der Waals surface area contributed by atoms with E-state index in [1.807, 2.05) is 12.1 Å². The third kappa shape index (κ3) is 3.79. The first-order valence-electron chi connectivity index (χ1n) is 6.39. The van der Waals surface area contributed by atoms with Crippen molar-refractivity contribution in [1.82, 2.24) is 0 Å². The fourth-order valence-electron chi connectivity index (χ4n) is 1.81. The van der Waals surface area contributed by atoms with Gasteiger partial charge in [-0.2, -0.15) is 0 Å². The van der Waals surface area contributed by atoms with Crippen molar-refractivity contribution in [2.45, 2.75) is 6.92 Å². The van der Waals surface area contributed by atoms with Crippen LogP contribution < -0.4 is 5.32 Å². The van der Waals surface area contributed by atoms with Gasteiger partial charge in [-0.15, -0.1) is 0 Å². The van der Waals surface area contributed by atoms with Crippen LogP contribution in [0.25, 0.3) is 11.1 Å². The van der Waals surface area contributed by atoms with E-state index in [2.05, 4.69) is 5.32 Å². The largest absolute Gasteiger partial charge is 0.450 e. The van der Waals surface area contributed by atoms with Gasteiger partial charge in [-0.25, -0.2) is 4.79 Å². The second-order valence-electron chi connectivity index (χ2n) is 4.23. The summed E-state index contributed by atoms with van der Waals surface area (Å²) in [6.45, 7) is 2.05. The number of nitrogens with zero attached hydrogens (tertiary/aromatic N) is 1. The number of anilines is 1. The number of hydrogen-bond donors (Lipinski definition) is 1. The van der Waals surface area contributed by atoms with Gasteiger partial charge in [0, 0.05) is 17.8 Å². The van der Waals surface area contributed by atoms with Crippen molar-refractivity contribution in [2.75, 3.05) is 11.9 Å². The van der Waals surface area contributed by atoms with Crippen molar-refractivity contribution in [3.63, 3.8) is 0 Å². The Labute approximate surface area is 121 Å². The topological polar surface area (TPSA) is 81.5 Å². The van der Waals surface area contributed by atoms with E-state index < -0.39 is 11.0 Å². The fraction of sp³-hybridized carbons (Fsp3) is 0.133. The average Bonchev–Trinajstić information content (AvgIpc) is 2.48. The van der Waals surface area contributed by atoms with Crippen LogP contribution >= 0.6 is 0 Å². The number of carbonyl (C=O) groups is 1. The maximum absolute atomic E-state index is 11.3. The van der Waals surface area contributed by atoms with Crippen LogP contribution in [0.5, 0.6) is 0 Å². The molecule has 1 N–H and O–H groups in total. The van der Waals surface area contributed by atoms with Gasteiger partial charge < -0.3 is 4.74 Å². The van der Waals surface area contributed by atoms with Crippen LogP contribution in [0.2, 0.25) is 0 Å². The summed E-state index contributed by atoms with van der Waals surface area (Å²) < 4.78 is 4.78. The van der Waals surface area contributed by atoms with E-state index in [1.54, 1.807) is 31.2 Å². The minimum atomic E-state index is -0.499. The first-order valence-corrected chi connectivity index (χ1v) is 6.39. The molecule has 0 unspecified atom stereocenters. The molecule has 6 nitrogen and oxygen atoms in total. The number of ether oxygens (including phenoxy) is 1. The summed E-state index contributed by atoms with van der Waals surface area (Å²) in [5.41, 5.74) is 2.45. The molecule has 0 saturated carbocycles. The molecule has 0 radical (unpaired) electrons. The number of hydrogen-bond acceptors (Lipinski definition) is 4.